The van der Waals surface area contributed by atoms with E-state index in [-0.39, 0.29) is 0 Å². The molecule has 0 bridgehead atoms. The van der Waals surface area contributed by atoms with Crippen LogP contribution >= 0.6 is 0 Å². The first kappa shape index (κ1) is 33.4. The van der Waals surface area contributed by atoms with Gasteiger partial charge in [0.05, 0.1) is 25.3 Å². The van der Waals surface area contributed by atoms with Gasteiger partial charge in [0.15, 0.2) is 0 Å². The Kier molecular flexibility index (Phi) is 11.0. The Bertz CT molecular complexity index is 1760. The van der Waals surface area contributed by atoms with E-state index < -0.39 is 11.9 Å². The maximum atomic E-state index is 13.6. The molecule has 0 heterocycles. The minimum absolute atomic E-state index is 0.383. The summed E-state index contributed by atoms with van der Waals surface area (Å²) in [4.78, 5) is 27.2. The summed E-state index contributed by atoms with van der Waals surface area (Å²) in [6, 6.07) is 18.2. The van der Waals surface area contributed by atoms with Crippen LogP contribution in [0.25, 0.3) is 43.1 Å². The molecule has 0 atom stereocenters. The third-order valence-corrected chi connectivity index (χ3v) is 9.75. The average Bonchev–Trinajstić information content (AvgIpc) is 3.08. The van der Waals surface area contributed by atoms with Gasteiger partial charge < -0.3 is 9.47 Å². The fraction of sp³-hybridized carbons (Fsp3) is 0.429. The van der Waals surface area contributed by atoms with E-state index in [0.717, 1.165) is 86.1 Å². The monoisotopic (exact) mass is 618 g/mol. The lowest BCUT2D eigenvalue weighted by Gasteiger charge is -2.23. The first-order valence-electron chi connectivity index (χ1n) is 17.5. The molecule has 0 aliphatic heterocycles. The Morgan fingerprint density at radius 3 is 1.11 bits per heavy atom. The average molecular weight is 619 g/mol. The van der Waals surface area contributed by atoms with Crippen molar-refractivity contribution in [2.75, 3.05) is 14.2 Å². The van der Waals surface area contributed by atoms with Crippen LogP contribution in [0.2, 0.25) is 0 Å². The second-order valence-electron chi connectivity index (χ2n) is 12.7. The van der Waals surface area contributed by atoms with E-state index in [4.69, 9.17) is 9.47 Å². The molecule has 5 rings (SSSR count). The molecule has 0 unspecified atom stereocenters. The van der Waals surface area contributed by atoms with Crippen molar-refractivity contribution < 1.29 is 19.1 Å². The highest BCUT2D eigenvalue weighted by Gasteiger charge is 2.30. The first-order chi connectivity index (χ1) is 22.4. The number of unbranched alkanes of at least 4 members (excludes halogenated alkanes) is 4. The molecule has 0 aliphatic rings. The number of methoxy groups -OCH3 is 2. The number of rotatable bonds is 14. The van der Waals surface area contributed by atoms with Crippen molar-refractivity contribution in [2.24, 2.45) is 0 Å². The van der Waals surface area contributed by atoms with Gasteiger partial charge in [-0.15, -0.1) is 0 Å². The number of fused-ring (bicyclic) bond motifs is 4. The van der Waals surface area contributed by atoms with Crippen LogP contribution in [0.5, 0.6) is 0 Å². The highest BCUT2D eigenvalue weighted by Crippen LogP contribution is 2.42. The number of hydrogen-bond donors (Lipinski definition) is 0. The lowest BCUT2D eigenvalue weighted by molar-refractivity contribution is 0.0553. The van der Waals surface area contributed by atoms with E-state index >= 15 is 0 Å². The maximum Gasteiger partial charge on any atom is 0.339 e. The molecule has 0 radical (unpaired) electrons. The third kappa shape index (κ3) is 6.24. The zero-order valence-corrected chi connectivity index (χ0v) is 28.7. The van der Waals surface area contributed by atoms with Crippen LogP contribution in [0.1, 0.15) is 122 Å². The number of esters is 2. The van der Waals surface area contributed by atoms with Crippen LogP contribution in [-0.2, 0) is 35.2 Å². The molecule has 0 amide bonds. The molecule has 5 aromatic rings. The maximum absolute atomic E-state index is 13.6. The van der Waals surface area contributed by atoms with Crippen molar-refractivity contribution in [3.05, 3.63) is 81.9 Å². The third-order valence-electron chi connectivity index (χ3n) is 9.75. The van der Waals surface area contributed by atoms with Crippen LogP contribution in [0.4, 0.5) is 0 Å². The van der Waals surface area contributed by atoms with Crippen LogP contribution in [0.15, 0.2) is 48.5 Å². The number of aryl methyl sites for hydroxylation is 4. The molecular weight excluding hydrogens is 568 g/mol. The van der Waals surface area contributed by atoms with Gasteiger partial charge in [0.1, 0.15) is 0 Å². The molecule has 0 N–H and O–H groups in total. The van der Waals surface area contributed by atoms with E-state index in [2.05, 4.69) is 76.2 Å². The van der Waals surface area contributed by atoms with Crippen molar-refractivity contribution in [3.63, 3.8) is 0 Å². The van der Waals surface area contributed by atoms with E-state index in [1.54, 1.807) is 0 Å². The summed E-state index contributed by atoms with van der Waals surface area (Å²) in [6.45, 7) is 8.83. The molecule has 46 heavy (non-hydrogen) atoms. The Labute approximate surface area is 274 Å². The number of hydrogen-bond acceptors (Lipinski definition) is 4. The molecular formula is C42H50O4. The number of carbonyl (C=O) groups excluding carboxylic acids is 2. The summed E-state index contributed by atoms with van der Waals surface area (Å²) < 4.78 is 10.8. The summed E-state index contributed by atoms with van der Waals surface area (Å²) >= 11 is 0. The van der Waals surface area contributed by atoms with E-state index in [0.29, 0.717) is 24.0 Å². The van der Waals surface area contributed by atoms with Gasteiger partial charge in [0, 0.05) is 0 Å². The summed E-state index contributed by atoms with van der Waals surface area (Å²) in [6.07, 6.45) is 11.5. The number of benzene rings is 5. The Balaban J connectivity index is 2.06. The fourth-order valence-corrected chi connectivity index (χ4v) is 7.33. The normalized spacial score (nSPS) is 11.6. The topological polar surface area (TPSA) is 52.6 Å². The largest absolute Gasteiger partial charge is 0.465 e. The number of ether oxygens (including phenoxy) is 2. The van der Waals surface area contributed by atoms with Crippen molar-refractivity contribution in [2.45, 2.75) is 105 Å². The predicted octanol–water partition coefficient (Wildman–Crippen LogP) is 11.2. The van der Waals surface area contributed by atoms with Gasteiger partial charge in [-0.3, -0.25) is 0 Å². The lowest BCUT2D eigenvalue weighted by Crippen LogP contribution is -2.18. The minimum Gasteiger partial charge on any atom is -0.465 e. The van der Waals surface area contributed by atoms with Crippen LogP contribution in [-0.4, -0.2) is 26.2 Å². The van der Waals surface area contributed by atoms with Gasteiger partial charge in [0.25, 0.3) is 0 Å². The molecule has 242 valence electrons. The second kappa shape index (κ2) is 15.1. The molecule has 4 nitrogen and oxygen atoms in total. The van der Waals surface area contributed by atoms with Gasteiger partial charge in [-0.05, 0) is 141 Å². The van der Waals surface area contributed by atoms with Crippen LogP contribution < -0.4 is 0 Å². The Hall–Kier alpha value is -3.92. The SMILES string of the molecule is CCCCc1c(C(=O)OC)c(C(=O)OC)c(CCCC)c2cc3c(CCCC)c4cc5ccccc5cc4c(CCCC)c3cc12. The van der Waals surface area contributed by atoms with Crippen LogP contribution in [0.3, 0.4) is 0 Å². The predicted molar refractivity (Wildman–Crippen MR) is 194 cm³/mol. The summed E-state index contributed by atoms with van der Waals surface area (Å²) in [5.41, 5.74) is 5.34. The Morgan fingerprint density at radius 1 is 0.478 bits per heavy atom. The molecule has 0 fully saturated rings. The summed E-state index contributed by atoms with van der Waals surface area (Å²) in [5.74, 6) is -0.933. The van der Waals surface area contributed by atoms with Crippen LogP contribution in [0, 0.1) is 0 Å². The van der Waals surface area contributed by atoms with Gasteiger partial charge in [-0.2, -0.15) is 0 Å². The molecule has 5 aromatic carbocycles. The lowest BCUT2D eigenvalue weighted by atomic mass is 9.81. The zero-order valence-electron chi connectivity index (χ0n) is 28.7. The summed E-state index contributed by atoms with van der Waals surface area (Å²) in [5, 5.41) is 9.88. The summed E-state index contributed by atoms with van der Waals surface area (Å²) in [7, 11) is 2.81. The quantitative estimate of drug-likeness (QED) is 0.0918. The minimum atomic E-state index is -0.467. The number of carbonyl (C=O) groups is 2. The van der Waals surface area contributed by atoms with Gasteiger partial charge >= 0.3 is 11.9 Å². The first-order valence-corrected chi connectivity index (χ1v) is 17.5. The second-order valence-corrected chi connectivity index (χ2v) is 12.7. The molecule has 4 heteroatoms. The van der Waals surface area contributed by atoms with E-state index in [9.17, 15) is 9.59 Å². The van der Waals surface area contributed by atoms with Crippen molar-refractivity contribution in [3.8, 4) is 0 Å². The van der Waals surface area contributed by atoms with E-state index in [1.807, 2.05) is 0 Å². The fourth-order valence-electron chi connectivity index (χ4n) is 7.33. The highest BCUT2D eigenvalue weighted by molar-refractivity contribution is 6.17. The van der Waals surface area contributed by atoms with Crippen molar-refractivity contribution in [1.82, 2.24) is 0 Å². The standard InChI is InChI=1S/C42H50O4/c1-7-11-19-29-33-23-27-17-15-16-18-28(27)24-34(33)30(20-12-8-2)36-26-38-32(22-14-10-4)40(42(44)46-6)39(41(43)45-5)31(21-13-9-3)37(38)25-35(29)36/h15-18,23-26H,7-14,19-22H2,1-6H3. The smallest absolute Gasteiger partial charge is 0.339 e. The van der Waals surface area contributed by atoms with Gasteiger partial charge in [0.2, 0.25) is 0 Å². The zero-order chi connectivity index (χ0) is 32.8. The molecule has 0 saturated heterocycles. The van der Waals surface area contributed by atoms with Gasteiger partial charge in [-0.25, -0.2) is 9.59 Å². The highest BCUT2D eigenvalue weighted by atomic mass is 16.5. The Morgan fingerprint density at radius 2 is 0.783 bits per heavy atom. The molecule has 0 spiro atoms. The van der Waals surface area contributed by atoms with Gasteiger partial charge in [-0.1, -0.05) is 77.6 Å². The van der Waals surface area contributed by atoms with Crippen molar-refractivity contribution in [1.29, 1.82) is 0 Å². The molecule has 0 saturated carbocycles. The molecule has 0 aliphatic carbocycles. The van der Waals surface area contributed by atoms with Crippen molar-refractivity contribution >= 4 is 55.0 Å². The molecule has 0 aromatic heterocycles. The van der Waals surface area contributed by atoms with E-state index in [1.165, 1.54) is 57.7 Å².